The number of benzene rings is 1. The third-order valence-electron chi connectivity index (χ3n) is 1.87. The monoisotopic (exact) mass is 203 g/mol. The Kier molecular flexibility index (Phi) is 3.29. The molecule has 0 aliphatic carbocycles. The summed E-state index contributed by atoms with van der Waals surface area (Å²) in [4.78, 5) is 10.9. The molecular formula is C11H13N3O. The van der Waals surface area contributed by atoms with Crippen molar-refractivity contribution in [3.05, 3.63) is 29.3 Å². The lowest BCUT2D eigenvalue weighted by molar-refractivity contribution is 0.100. The van der Waals surface area contributed by atoms with Crippen molar-refractivity contribution in [2.24, 2.45) is 5.73 Å². The van der Waals surface area contributed by atoms with E-state index in [1.165, 1.54) is 6.07 Å². The van der Waals surface area contributed by atoms with Gasteiger partial charge in [-0.25, -0.2) is 0 Å². The van der Waals surface area contributed by atoms with E-state index in [1.807, 2.05) is 19.9 Å². The van der Waals surface area contributed by atoms with Crippen LogP contribution in [0.4, 0.5) is 5.69 Å². The van der Waals surface area contributed by atoms with Crippen molar-refractivity contribution in [3.63, 3.8) is 0 Å². The zero-order valence-electron chi connectivity index (χ0n) is 8.74. The van der Waals surface area contributed by atoms with E-state index in [4.69, 9.17) is 11.0 Å². The molecule has 78 valence electrons. The van der Waals surface area contributed by atoms with Crippen LogP contribution in [0.1, 0.15) is 29.8 Å². The van der Waals surface area contributed by atoms with Crippen LogP contribution in [-0.2, 0) is 0 Å². The number of carbonyl (C=O) groups excluding carboxylic acids is 1. The van der Waals surface area contributed by atoms with Gasteiger partial charge in [0.15, 0.2) is 0 Å². The van der Waals surface area contributed by atoms with Gasteiger partial charge in [-0.1, -0.05) is 0 Å². The molecule has 0 heterocycles. The summed E-state index contributed by atoms with van der Waals surface area (Å²) in [5, 5.41) is 12.0. The van der Waals surface area contributed by atoms with E-state index in [0.717, 1.165) is 5.69 Å². The van der Waals surface area contributed by atoms with Crippen molar-refractivity contribution in [3.8, 4) is 6.07 Å². The Labute approximate surface area is 88.7 Å². The van der Waals surface area contributed by atoms with Crippen LogP contribution < -0.4 is 11.1 Å². The van der Waals surface area contributed by atoms with E-state index in [2.05, 4.69) is 5.32 Å². The molecule has 3 N–H and O–H groups in total. The van der Waals surface area contributed by atoms with Gasteiger partial charge in [0, 0.05) is 11.6 Å². The molecule has 0 fully saturated rings. The molecule has 0 aliphatic rings. The van der Waals surface area contributed by atoms with E-state index in [0.29, 0.717) is 11.1 Å². The van der Waals surface area contributed by atoms with Crippen molar-refractivity contribution in [1.29, 1.82) is 5.26 Å². The van der Waals surface area contributed by atoms with Crippen LogP contribution in [0.5, 0.6) is 0 Å². The average Bonchev–Trinajstić information content (AvgIpc) is 2.17. The maximum Gasteiger partial charge on any atom is 0.248 e. The zero-order chi connectivity index (χ0) is 11.4. The molecule has 0 radical (unpaired) electrons. The molecule has 1 aromatic rings. The summed E-state index contributed by atoms with van der Waals surface area (Å²) < 4.78 is 0. The number of nitriles is 1. The van der Waals surface area contributed by atoms with Gasteiger partial charge in [-0.05, 0) is 32.0 Å². The Morgan fingerprint density at radius 1 is 1.53 bits per heavy atom. The van der Waals surface area contributed by atoms with Gasteiger partial charge in [-0.3, -0.25) is 4.79 Å². The lowest BCUT2D eigenvalue weighted by Crippen LogP contribution is -2.14. The van der Waals surface area contributed by atoms with Gasteiger partial charge in [0.25, 0.3) is 0 Å². The van der Waals surface area contributed by atoms with Crippen LogP contribution >= 0.6 is 0 Å². The van der Waals surface area contributed by atoms with E-state index in [-0.39, 0.29) is 6.04 Å². The van der Waals surface area contributed by atoms with Crippen LogP contribution in [0.2, 0.25) is 0 Å². The molecule has 0 spiro atoms. The first-order valence-corrected chi connectivity index (χ1v) is 4.65. The number of hydrogen-bond donors (Lipinski definition) is 2. The Hall–Kier alpha value is -2.02. The number of anilines is 1. The summed E-state index contributed by atoms with van der Waals surface area (Å²) >= 11 is 0. The van der Waals surface area contributed by atoms with Gasteiger partial charge >= 0.3 is 0 Å². The molecule has 0 aromatic heterocycles. The second-order valence-electron chi connectivity index (χ2n) is 3.54. The minimum Gasteiger partial charge on any atom is -0.382 e. The molecule has 0 unspecified atom stereocenters. The molecule has 1 rings (SSSR count). The number of nitrogens with two attached hydrogens (primary N) is 1. The van der Waals surface area contributed by atoms with Crippen LogP contribution in [0.25, 0.3) is 0 Å². The van der Waals surface area contributed by atoms with Crippen LogP contribution in [0.15, 0.2) is 18.2 Å². The molecule has 15 heavy (non-hydrogen) atoms. The van der Waals surface area contributed by atoms with Gasteiger partial charge in [0.1, 0.15) is 6.07 Å². The van der Waals surface area contributed by atoms with Gasteiger partial charge < -0.3 is 11.1 Å². The van der Waals surface area contributed by atoms with Gasteiger partial charge in [0.05, 0.1) is 11.3 Å². The Balaban J connectivity index is 3.11. The number of primary amides is 1. The number of nitrogens with zero attached hydrogens (tertiary/aromatic N) is 1. The quantitative estimate of drug-likeness (QED) is 0.780. The smallest absolute Gasteiger partial charge is 0.248 e. The largest absolute Gasteiger partial charge is 0.382 e. The van der Waals surface area contributed by atoms with Crippen molar-refractivity contribution in [1.82, 2.24) is 0 Å². The molecule has 0 saturated carbocycles. The number of amides is 1. The number of carbonyl (C=O) groups is 1. The molecule has 1 amide bonds. The van der Waals surface area contributed by atoms with Gasteiger partial charge in [0.2, 0.25) is 5.91 Å². The molecule has 4 nitrogen and oxygen atoms in total. The summed E-state index contributed by atoms with van der Waals surface area (Å²) in [7, 11) is 0. The molecule has 0 atom stereocenters. The highest BCUT2D eigenvalue weighted by atomic mass is 16.1. The maximum absolute atomic E-state index is 10.9. The minimum atomic E-state index is -0.525. The molecule has 0 bridgehead atoms. The highest BCUT2D eigenvalue weighted by Gasteiger charge is 2.07. The standard InChI is InChI=1S/C11H13N3O/c1-7(2)14-10-4-3-8(11(13)15)5-9(10)6-12/h3-5,7,14H,1-2H3,(H2,13,15). The lowest BCUT2D eigenvalue weighted by atomic mass is 10.1. The fourth-order valence-corrected chi connectivity index (χ4v) is 1.23. The zero-order valence-corrected chi connectivity index (χ0v) is 8.74. The summed E-state index contributed by atoms with van der Waals surface area (Å²) in [5.41, 5.74) is 6.62. The predicted molar refractivity (Wildman–Crippen MR) is 58.4 cm³/mol. The number of nitrogens with one attached hydrogen (secondary N) is 1. The molecular weight excluding hydrogens is 190 g/mol. The predicted octanol–water partition coefficient (Wildman–Crippen LogP) is 1.48. The minimum absolute atomic E-state index is 0.233. The second kappa shape index (κ2) is 4.47. The van der Waals surface area contributed by atoms with Crippen molar-refractivity contribution < 1.29 is 4.79 Å². The Morgan fingerprint density at radius 3 is 2.67 bits per heavy atom. The van der Waals surface area contributed by atoms with E-state index in [1.54, 1.807) is 12.1 Å². The van der Waals surface area contributed by atoms with Crippen molar-refractivity contribution >= 4 is 11.6 Å². The van der Waals surface area contributed by atoms with Gasteiger partial charge in [-0.15, -0.1) is 0 Å². The fraction of sp³-hybridized carbons (Fsp3) is 0.273. The first-order chi connectivity index (χ1) is 7.04. The molecule has 1 aromatic carbocycles. The fourth-order valence-electron chi connectivity index (χ4n) is 1.23. The SMILES string of the molecule is CC(C)Nc1ccc(C(N)=O)cc1C#N. The van der Waals surface area contributed by atoms with E-state index < -0.39 is 5.91 Å². The van der Waals surface area contributed by atoms with Crippen LogP contribution in [0.3, 0.4) is 0 Å². The molecule has 0 saturated heterocycles. The van der Waals surface area contributed by atoms with Crippen molar-refractivity contribution in [2.75, 3.05) is 5.32 Å². The second-order valence-corrected chi connectivity index (χ2v) is 3.54. The third-order valence-corrected chi connectivity index (χ3v) is 1.87. The highest BCUT2D eigenvalue weighted by molar-refractivity contribution is 5.93. The van der Waals surface area contributed by atoms with E-state index >= 15 is 0 Å². The average molecular weight is 203 g/mol. The number of rotatable bonds is 3. The van der Waals surface area contributed by atoms with Gasteiger partial charge in [-0.2, -0.15) is 5.26 Å². The summed E-state index contributed by atoms with van der Waals surface area (Å²) in [5.74, 6) is -0.525. The first-order valence-electron chi connectivity index (χ1n) is 4.65. The third kappa shape index (κ3) is 2.71. The Morgan fingerprint density at radius 2 is 2.20 bits per heavy atom. The maximum atomic E-state index is 10.9. The Bertz CT molecular complexity index is 418. The highest BCUT2D eigenvalue weighted by Crippen LogP contribution is 2.17. The molecule has 0 aliphatic heterocycles. The normalized spacial score (nSPS) is 9.73. The topological polar surface area (TPSA) is 78.9 Å². The molecule has 4 heteroatoms. The summed E-state index contributed by atoms with van der Waals surface area (Å²) in [6.45, 7) is 3.95. The summed E-state index contributed by atoms with van der Waals surface area (Å²) in [6.07, 6.45) is 0. The van der Waals surface area contributed by atoms with Crippen molar-refractivity contribution in [2.45, 2.75) is 19.9 Å². The summed E-state index contributed by atoms with van der Waals surface area (Å²) in [6, 6.07) is 7.05. The number of hydrogen-bond acceptors (Lipinski definition) is 3. The van der Waals surface area contributed by atoms with Crippen LogP contribution in [0, 0.1) is 11.3 Å². The van der Waals surface area contributed by atoms with E-state index in [9.17, 15) is 4.79 Å². The lowest BCUT2D eigenvalue weighted by Gasteiger charge is -2.11. The first kappa shape index (κ1) is 11.1. The van der Waals surface area contributed by atoms with Crippen LogP contribution in [-0.4, -0.2) is 11.9 Å².